The third-order valence-corrected chi connectivity index (χ3v) is 4.37. The monoisotopic (exact) mass is 298 g/mol. The van der Waals surface area contributed by atoms with Gasteiger partial charge in [0.1, 0.15) is 0 Å². The smallest absolute Gasteiger partial charge is 0.0818 e. The third kappa shape index (κ3) is 7.39. The van der Waals surface area contributed by atoms with Gasteiger partial charge in [0.15, 0.2) is 0 Å². The zero-order valence-electron chi connectivity index (χ0n) is 13.0. The minimum Gasteiger partial charge on any atom is -0.390 e. The summed E-state index contributed by atoms with van der Waals surface area (Å²) >= 11 is 1.67. The average Bonchev–Trinajstić information content (AvgIpc) is 2.88. The Kier molecular flexibility index (Phi) is 8.38. The Morgan fingerprint density at radius 3 is 2.65 bits per heavy atom. The van der Waals surface area contributed by atoms with Crippen LogP contribution in [0.25, 0.3) is 0 Å². The Bertz CT molecular complexity index is 340. The van der Waals surface area contributed by atoms with Crippen molar-refractivity contribution in [2.24, 2.45) is 11.7 Å². The van der Waals surface area contributed by atoms with E-state index in [0.29, 0.717) is 12.6 Å². The van der Waals surface area contributed by atoms with Crippen LogP contribution in [-0.4, -0.2) is 29.8 Å². The second-order valence-corrected chi connectivity index (χ2v) is 6.98. The predicted octanol–water partition coefficient (Wildman–Crippen LogP) is 2.78. The lowest BCUT2D eigenvalue weighted by molar-refractivity contribution is 0.138. The number of thiophene rings is 1. The minimum atomic E-state index is -0.484. The molecule has 116 valence electrons. The summed E-state index contributed by atoms with van der Waals surface area (Å²) in [6.07, 6.45) is 3.93. The van der Waals surface area contributed by atoms with Crippen molar-refractivity contribution in [3.8, 4) is 0 Å². The molecule has 1 unspecified atom stereocenters. The number of hydrogen-bond donors (Lipinski definition) is 3. The van der Waals surface area contributed by atoms with Crippen molar-refractivity contribution >= 4 is 11.3 Å². The van der Waals surface area contributed by atoms with Gasteiger partial charge < -0.3 is 16.2 Å². The van der Waals surface area contributed by atoms with E-state index in [4.69, 9.17) is 5.73 Å². The Morgan fingerprint density at radius 2 is 2.05 bits per heavy atom. The molecule has 0 aliphatic carbocycles. The Hall–Kier alpha value is -0.420. The van der Waals surface area contributed by atoms with Crippen molar-refractivity contribution in [3.05, 3.63) is 22.4 Å². The average molecular weight is 298 g/mol. The summed E-state index contributed by atoms with van der Waals surface area (Å²) in [6, 6.07) is 2.32. The number of hydrogen-bond acceptors (Lipinski definition) is 4. The Labute approximate surface area is 127 Å². The first-order chi connectivity index (χ1) is 9.49. The van der Waals surface area contributed by atoms with E-state index in [-0.39, 0.29) is 6.04 Å². The molecule has 3 atom stereocenters. The molecule has 0 saturated heterocycles. The molecular formula is C16H30N2OS. The quantitative estimate of drug-likeness (QED) is 0.622. The second-order valence-electron chi connectivity index (χ2n) is 6.20. The van der Waals surface area contributed by atoms with Crippen LogP contribution in [0.5, 0.6) is 0 Å². The molecule has 1 aromatic heterocycles. The van der Waals surface area contributed by atoms with Crippen LogP contribution in [-0.2, 0) is 6.42 Å². The van der Waals surface area contributed by atoms with Crippen LogP contribution in [0.1, 0.15) is 45.6 Å². The molecule has 0 spiro atoms. The summed E-state index contributed by atoms with van der Waals surface area (Å²) in [6.45, 7) is 7.27. The number of rotatable bonds is 10. The molecule has 0 bridgehead atoms. The summed E-state index contributed by atoms with van der Waals surface area (Å²) in [4.78, 5) is 0. The highest BCUT2D eigenvalue weighted by atomic mass is 32.1. The van der Waals surface area contributed by atoms with Gasteiger partial charge in [0.2, 0.25) is 0 Å². The van der Waals surface area contributed by atoms with Gasteiger partial charge in [-0.3, -0.25) is 0 Å². The maximum Gasteiger partial charge on any atom is 0.0818 e. The van der Waals surface area contributed by atoms with Crippen molar-refractivity contribution in [2.45, 2.75) is 64.6 Å². The lowest BCUT2D eigenvalue weighted by Crippen LogP contribution is -2.45. The van der Waals surface area contributed by atoms with Gasteiger partial charge in [-0.25, -0.2) is 0 Å². The van der Waals surface area contributed by atoms with Gasteiger partial charge in [-0.15, -0.1) is 0 Å². The highest BCUT2D eigenvalue weighted by Gasteiger charge is 2.16. The largest absolute Gasteiger partial charge is 0.390 e. The second kappa shape index (κ2) is 9.50. The Morgan fingerprint density at radius 1 is 1.30 bits per heavy atom. The first-order valence-corrected chi connectivity index (χ1v) is 8.61. The van der Waals surface area contributed by atoms with Crippen LogP contribution in [0, 0.1) is 5.92 Å². The zero-order chi connectivity index (χ0) is 15.0. The zero-order valence-corrected chi connectivity index (χ0v) is 13.8. The van der Waals surface area contributed by atoms with Crippen LogP contribution in [0.2, 0.25) is 0 Å². The molecule has 0 fully saturated rings. The van der Waals surface area contributed by atoms with E-state index in [0.717, 1.165) is 18.8 Å². The van der Waals surface area contributed by atoms with Crippen LogP contribution in [0.4, 0.5) is 0 Å². The molecule has 1 rings (SSSR count). The first kappa shape index (κ1) is 17.6. The molecule has 0 aliphatic rings. The van der Waals surface area contributed by atoms with E-state index in [9.17, 15) is 5.11 Å². The molecule has 0 radical (unpaired) electrons. The molecular weight excluding hydrogens is 268 g/mol. The van der Waals surface area contributed by atoms with Crippen molar-refractivity contribution in [3.63, 3.8) is 0 Å². The Balaban J connectivity index is 2.16. The van der Waals surface area contributed by atoms with Gasteiger partial charge in [-0.05, 0) is 48.1 Å². The molecule has 0 aliphatic heterocycles. The summed E-state index contributed by atoms with van der Waals surface area (Å²) in [5, 5.41) is 17.6. The van der Waals surface area contributed by atoms with Gasteiger partial charge >= 0.3 is 0 Å². The number of aliphatic hydroxyl groups is 1. The molecule has 0 aromatic carbocycles. The van der Waals surface area contributed by atoms with E-state index >= 15 is 0 Å². The lowest BCUT2D eigenvalue weighted by atomic mass is 10.0. The van der Waals surface area contributed by atoms with E-state index in [1.807, 2.05) is 5.38 Å². The van der Waals surface area contributed by atoms with E-state index < -0.39 is 6.10 Å². The van der Waals surface area contributed by atoms with Gasteiger partial charge in [-0.1, -0.05) is 26.7 Å². The van der Waals surface area contributed by atoms with Crippen LogP contribution in [0.15, 0.2) is 16.8 Å². The number of nitrogens with one attached hydrogen (secondary N) is 1. The summed E-state index contributed by atoms with van der Waals surface area (Å²) in [5.41, 5.74) is 7.26. The van der Waals surface area contributed by atoms with Crippen LogP contribution < -0.4 is 11.1 Å². The topological polar surface area (TPSA) is 58.3 Å². The van der Waals surface area contributed by atoms with E-state index in [1.165, 1.54) is 18.4 Å². The summed E-state index contributed by atoms with van der Waals surface area (Å²) < 4.78 is 0. The van der Waals surface area contributed by atoms with Gasteiger partial charge in [0, 0.05) is 18.6 Å². The lowest BCUT2D eigenvalue weighted by Gasteiger charge is -2.22. The third-order valence-electron chi connectivity index (χ3n) is 3.64. The van der Waals surface area contributed by atoms with Crippen molar-refractivity contribution < 1.29 is 5.11 Å². The maximum atomic E-state index is 10.1. The molecule has 4 heteroatoms. The minimum absolute atomic E-state index is 0.194. The van der Waals surface area contributed by atoms with E-state index in [2.05, 4.69) is 37.5 Å². The summed E-state index contributed by atoms with van der Waals surface area (Å²) in [5.74, 6) is 0.770. The van der Waals surface area contributed by atoms with Crippen molar-refractivity contribution in [2.75, 3.05) is 6.54 Å². The van der Waals surface area contributed by atoms with Crippen LogP contribution in [0.3, 0.4) is 0 Å². The van der Waals surface area contributed by atoms with Crippen LogP contribution >= 0.6 is 11.3 Å². The van der Waals surface area contributed by atoms with E-state index in [1.54, 1.807) is 11.3 Å². The molecule has 20 heavy (non-hydrogen) atoms. The highest BCUT2D eigenvalue weighted by molar-refractivity contribution is 7.07. The standard InChI is InChI=1S/C16H30N2OS/c1-12(2)5-4-6-13(3)18-10-16(19)15(17)9-14-7-8-20-11-14/h7-8,11-13,15-16,18-19H,4-6,9-10,17H2,1-3H3/t13?,15-,16+/m0/s1. The van der Waals surface area contributed by atoms with Crippen molar-refractivity contribution in [1.29, 1.82) is 0 Å². The van der Waals surface area contributed by atoms with Gasteiger partial charge in [-0.2, -0.15) is 11.3 Å². The SMILES string of the molecule is CC(C)CCCC(C)NC[C@@H](O)[C@@H](N)Cc1ccsc1. The van der Waals surface area contributed by atoms with Crippen molar-refractivity contribution in [1.82, 2.24) is 5.32 Å². The van der Waals surface area contributed by atoms with Gasteiger partial charge in [0.05, 0.1) is 6.10 Å². The molecule has 1 aromatic rings. The fraction of sp³-hybridized carbons (Fsp3) is 0.750. The fourth-order valence-electron chi connectivity index (χ4n) is 2.22. The first-order valence-electron chi connectivity index (χ1n) is 7.67. The van der Waals surface area contributed by atoms with Gasteiger partial charge in [0.25, 0.3) is 0 Å². The summed E-state index contributed by atoms with van der Waals surface area (Å²) in [7, 11) is 0. The predicted molar refractivity (Wildman–Crippen MR) is 88.2 cm³/mol. The molecule has 1 heterocycles. The maximum absolute atomic E-state index is 10.1. The number of aliphatic hydroxyl groups excluding tert-OH is 1. The number of nitrogens with two attached hydrogens (primary N) is 1. The fourth-order valence-corrected chi connectivity index (χ4v) is 2.91. The normalized spacial score (nSPS) is 16.3. The molecule has 4 N–H and O–H groups in total. The highest BCUT2D eigenvalue weighted by Crippen LogP contribution is 2.10. The molecule has 0 amide bonds. The molecule has 0 saturated carbocycles. The molecule has 3 nitrogen and oxygen atoms in total.